The van der Waals surface area contributed by atoms with Gasteiger partial charge in [0.05, 0.1) is 5.92 Å². The molecule has 0 unspecified atom stereocenters. The molecule has 1 aliphatic rings. The maximum atomic E-state index is 11.8. The highest BCUT2D eigenvalue weighted by Crippen LogP contribution is 2.48. The van der Waals surface area contributed by atoms with Crippen molar-refractivity contribution in [3.05, 3.63) is 30.1 Å². The highest BCUT2D eigenvalue weighted by Gasteiger charge is 2.46. The van der Waals surface area contributed by atoms with Gasteiger partial charge in [-0.2, -0.15) is 0 Å². The molecule has 0 bridgehead atoms. The normalized spacial score (nSPS) is 23.9. The Morgan fingerprint density at radius 2 is 2.25 bits per heavy atom. The molecule has 1 aromatic heterocycles. The number of nitrogens with zero attached hydrogens (tertiary/aromatic N) is 1. The largest absolute Gasteiger partial charge is 0.460 e. The summed E-state index contributed by atoms with van der Waals surface area (Å²) in [6.07, 6.45) is 4.46. The van der Waals surface area contributed by atoms with Crippen molar-refractivity contribution < 1.29 is 9.53 Å². The summed E-state index contributed by atoms with van der Waals surface area (Å²) in [6.45, 7) is 5.69. The minimum Gasteiger partial charge on any atom is -0.460 e. The molecule has 3 nitrogen and oxygen atoms in total. The average molecular weight is 219 g/mol. The van der Waals surface area contributed by atoms with Crippen LogP contribution in [-0.2, 0) is 9.53 Å². The minimum atomic E-state index is -0.390. The third-order valence-corrected chi connectivity index (χ3v) is 2.61. The molecular weight excluding hydrogens is 202 g/mol. The second kappa shape index (κ2) is 3.89. The van der Waals surface area contributed by atoms with Crippen molar-refractivity contribution in [3.8, 4) is 0 Å². The Morgan fingerprint density at radius 1 is 1.50 bits per heavy atom. The van der Waals surface area contributed by atoms with Crippen molar-refractivity contribution in [3.63, 3.8) is 0 Å². The Bertz CT molecular complexity index is 381. The van der Waals surface area contributed by atoms with Gasteiger partial charge in [-0.15, -0.1) is 0 Å². The summed E-state index contributed by atoms with van der Waals surface area (Å²) in [5, 5.41) is 0. The lowest BCUT2D eigenvalue weighted by Crippen LogP contribution is -2.25. The number of rotatable bonds is 2. The molecule has 3 heteroatoms. The van der Waals surface area contributed by atoms with Crippen LogP contribution >= 0.6 is 0 Å². The van der Waals surface area contributed by atoms with Crippen LogP contribution < -0.4 is 0 Å². The number of ether oxygens (including phenoxy) is 1. The highest BCUT2D eigenvalue weighted by atomic mass is 16.6. The fourth-order valence-electron chi connectivity index (χ4n) is 1.80. The molecule has 0 saturated heterocycles. The van der Waals surface area contributed by atoms with E-state index in [9.17, 15) is 4.79 Å². The molecule has 16 heavy (non-hydrogen) atoms. The van der Waals surface area contributed by atoms with E-state index < -0.39 is 0 Å². The van der Waals surface area contributed by atoms with E-state index in [0.717, 1.165) is 12.0 Å². The summed E-state index contributed by atoms with van der Waals surface area (Å²) in [5.41, 5.74) is 0.748. The highest BCUT2D eigenvalue weighted by molar-refractivity contribution is 5.77. The second-order valence-electron chi connectivity index (χ2n) is 5.27. The van der Waals surface area contributed by atoms with E-state index in [2.05, 4.69) is 4.98 Å². The molecule has 86 valence electrons. The van der Waals surface area contributed by atoms with Crippen molar-refractivity contribution >= 4 is 5.97 Å². The minimum absolute atomic E-state index is 0.0309. The van der Waals surface area contributed by atoms with Crippen LogP contribution in [0.3, 0.4) is 0 Å². The van der Waals surface area contributed by atoms with Gasteiger partial charge in [0, 0.05) is 12.4 Å². The zero-order valence-electron chi connectivity index (χ0n) is 9.93. The van der Waals surface area contributed by atoms with Gasteiger partial charge in [-0.1, -0.05) is 6.07 Å². The first-order valence-electron chi connectivity index (χ1n) is 5.60. The van der Waals surface area contributed by atoms with Crippen molar-refractivity contribution in [2.45, 2.75) is 38.7 Å². The summed E-state index contributed by atoms with van der Waals surface area (Å²) in [7, 11) is 0. The second-order valence-corrected chi connectivity index (χ2v) is 5.27. The summed E-state index contributed by atoms with van der Waals surface area (Å²) in [6, 6.07) is 3.92. The van der Waals surface area contributed by atoms with Crippen LogP contribution in [0.5, 0.6) is 0 Å². The average Bonchev–Trinajstić information content (AvgIpc) is 2.96. The molecule has 1 fully saturated rings. The molecule has 1 aromatic rings. The predicted molar refractivity (Wildman–Crippen MR) is 60.9 cm³/mol. The Morgan fingerprint density at radius 3 is 2.81 bits per heavy atom. The lowest BCUT2D eigenvalue weighted by atomic mass is 10.1. The van der Waals surface area contributed by atoms with Gasteiger partial charge in [0.15, 0.2) is 0 Å². The van der Waals surface area contributed by atoms with E-state index >= 15 is 0 Å². The number of carbonyl (C=O) groups is 1. The molecule has 2 atom stereocenters. The monoisotopic (exact) mass is 219 g/mol. The third kappa shape index (κ3) is 2.60. The van der Waals surface area contributed by atoms with Gasteiger partial charge in [-0.05, 0) is 44.7 Å². The quantitative estimate of drug-likeness (QED) is 0.717. The van der Waals surface area contributed by atoms with Gasteiger partial charge in [-0.3, -0.25) is 9.78 Å². The first-order valence-corrected chi connectivity index (χ1v) is 5.60. The van der Waals surface area contributed by atoms with Crippen LogP contribution in [0.2, 0.25) is 0 Å². The molecule has 1 aliphatic carbocycles. The SMILES string of the molecule is CC(C)(C)OC(=O)[C@@H]1C[C@H]1c1cccnc1. The van der Waals surface area contributed by atoms with Crippen LogP contribution in [0.15, 0.2) is 24.5 Å². The lowest BCUT2D eigenvalue weighted by Gasteiger charge is -2.19. The van der Waals surface area contributed by atoms with E-state index in [4.69, 9.17) is 4.74 Å². The number of hydrogen-bond acceptors (Lipinski definition) is 3. The van der Waals surface area contributed by atoms with Gasteiger partial charge in [0.25, 0.3) is 0 Å². The maximum Gasteiger partial charge on any atom is 0.310 e. The van der Waals surface area contributed by atoms with Gasteiger partial charge >= 0.3 is 5.97 Å². The van der Waals surface area contributed by atoms with Crippen LogP contribution in [0.4, 0.5) is 0 Å². The summed E-state index contributed by atoms with van der Waals surface area (Å²) in [5.74, 6) is 0.258. The molecule has 0 radical (unpaired) electrons. The number of aromatic nitrogens is 1. The molecule has 0 aliphatic heterocycles. The first kappa shape index (κ1) is 11.1. The van der Waals surface area contributed by atoms with Crippen LogP contribution in [-0.4, -0.2) is 16.6 Å². The molecule has 0 amide bonds. The molecular formula is C13H17NO2. The van der Waals surface area contributed by atoms with Crippen LogP contribution in [0.25, 0.3) is 0 Å². The summed E-state index contributed by atoms with van der Waals surface area (Å²) >= 11 is 0. The van der Waals surface area contributed by atoms with Gasteiger partial charge in [0.2, 0.25) is 0 Å². The summed E-state index contributed by atoms with van der Waals surface area (Å²) < 4.78 is 5.35. The fourth-order valence-corrected chi connectivity index (χ4v) is 1.80. The van der Waals surface area contributed by atoms with Crippen molar-refractivity contribution in [1.29, 1.82) is 0 Å². The van der Waals surface area contributed by atoms with E-state index in [-0.39, 0.29) is 17.5 Å². The topological polar surface area (TPSA) is 39.2 Å². The lowest BCUT2D eigenvalue weighted by molar-refractivity contribution is -0.156. The first-order chi connectivity index (χ1) is 7.47. The van der Waals surface area contributed by atoms with Crippen molar-refractivity contribution in [1.82, 2.24) is 4.98 Å². The van der Waals surface area contributed by atoms with E-state index in [0.29, 0.717) is 5.92 Å². The van der Waals surface area contributed by atoms with Crippen molar-refractivity contribution in [2.24, 2.45) is 5.92 Å². The smallest absolute Gasteiger partial charge is 0.310 e. The zero-order valence-corrected chi connectivity index (χ0v) is 9.93. The molecule has 0 aromatic carbocycles. The Balaban J connectivity index is 1.95. The fraction of sp³-hybridized carbons (Fsp3) is 0.538. The van der Waals surface area contributed by atoms with Crippen LogP contribution in [0, 0.1) is 5.92 Å². The Kier molecular flexibility index (Phi) is 2.70. The van der Waals surface area contributed by atoms with Crippen molar-refractivity contribution in [2.75, 3.05) is 0 Å². The number of carbonyl (C=O) groups excluding carboxylic acids is 1. The molecule has 0 N–H and O–H groups in total. The van der Waals surface area contributed by atoms with Gasteiger partial charge < -0.3 is 4.74 Å². The number of pyridine rings is 1. The van der Waals surface area contributed by atoms with E-state index in [1.54, 1.807) is 6.20 Å². The zero-order chi connectivity index (χ0) is 11.8. The standard InChI is InChI=1S/C13H17NO2/c1-13(2,3)16-12(15)11-7-10(11)9-5-4-6-14-8-9/h4-6,8,10-11H,7H2,1-3H3/t10-,11+/m0/s1. The molecule has 0 spiro atoms. The predicted octanol–water partition coefficient (Wildman–Crippen LogP) is 2.53. The van der Waals surface area contributed by atoms with E-state index in [1.165, 1.54) is 0 Å². The maximum absolute atomic E-state index is 11.8. The van der Waals surface area contributed by atoms with E-state index in [1.807, 2.05) is 39.1 Å². The third-order valence-electron chi connectivity index (χ3n) is 2.61. The number of hydrogen-bond donors (Lipinski definition) is 0. The Hall–Kier alpha value is -1.38. The Labute approximate surface area is 95.8 Å². The van der Waals surface area contributed by atoms with Gasteiger partial charge in [0.1, 0.15) is 5.60 Å². The van der Waals surface area contributed by atoms with Gasteiger partial charge in [-0.25, -0.2) is 0 Å². The molecule has 1 saturated carbocycles. The summed E-state index contributed by atoms with van der Waals surface area (Å²) in [4.78, 5) is 15.8. The van der Waals surface area contributed by atoms with Crippen LogP contribution in [0.1, 0.15) is 38.7 Å². The molecule has 1 heterocycles. The molecule has 2 rings (SSSR count). The number of esters is 1.